The molecule has 25 heavy (non-hydrogen) atoms. The van der Waals surface area contributed by atoms with E-state index in [0.29, 0.717) is 22.3 Å². The fourth-order valence-corrected chi connectivity index (χ4v) is 2.41. The summed E-state index contributed by atoms with van der Waals surface area (Å²) in [7, 11) is 0. The molecule has 3 N–H and O–H groups in total. The number of oxazole rings is 1. The van der Waals surface area contributed by atoms with Crippen LogP contribution in [0.2, 0.25) is 5.02 Å². The summed E-state index contributed by atoms with van der Waals surface area (Å²) < 4.78 is 5.40. The Balaban J connectivity index is 1.70. The summed E-state index contributed by atoms with van der Waals surface area (Å²) in [5.74, 6) is -0.538. The molecule has 0 aliphatic heterocycles. The van der Waals surface area contributed by atoms with Crippen LogP contribution in [0, 0.1) is 0 Å². The highest BCUT2D eigenvalue weighted by Crippen LogP contribution is 2.21. The number of rotatable bonds is 5. The van der Waals surface area contributed by atoms with Crippen molar-refractivity contribution in [3.8, 4) is 11.5 Å². The number of hydrogen-bond donors (Lipinski definition) is 2. The smallest absolute Gasteiger partial charge is 0.250 e. The molecule has 2 aromatic carbocycles. The zero-order valence-electron chi connectivity index (χ0n) is 13.0. The molecule has 0 fully saturated rings. The number of nitrogens with zero attached hydrogens (tertiary/aromatic N) is 1. The Morgan fingerprint density at radius 1 is 1.12 bits per heavy atom. The summed E-state index contributed by atoms with van der Waals surface area (Å²) in [6.07, 6.45) is 1.42. The molecule has 0 bridgehead atoms. The van der Waals surface area contributed by atoms with Crippen LogP contribution in [0.3, 0.4) is 0 Å². The van der Waals surface area contributed by atoms with E-state index in [-0.39, 0.29) is 17.9 Å². The Bertz CT molecular complexity index is 919. The first-order chi connectivity index (χ1) is 12.0. The van der Waals surface area contributed by atoms with Crippen LogP contribution < -0.4 is 11.1 Å². The predicted molar refractivity (Wildman–Crippen MR) is 94.2 cm³/mol. The summed E-state index contributed by atoms with van der Waals surface area (Å²) >= 11 is 5.85. The molecule has 2 amide bonds. The molecule has 1 heterocycles. The molecule has 0 spiro atoms. The molecule has 126 valence electrons. The minimum atomic E-state index is -0.609. The molecule has 6 nitrogen and oxygen atoms in total. The zero-order chi connectivity index (χ0) is 17.8. The van der Waals surface area contributed by atoms with Crippen LogP contribution in [0.5, 0.6) is 0 Å². The van der Waals surface area contributed by atoms with Crippen LogP contribution >= 0.6 is 11.6 Å². The van der Waals surface area contributed by atoms with E-state index in [1.54, 1.807) is 48.5 Å². The normalized spacial score (nSPS) is 10.4. The van der Waals surface area contributed by atoms with E-state index in [4.69, 9.17) is 21.8 Å². The topological polar surface area (TPSA) is 98.2 Å². The summed E-state index contributed by atoms with van der Waals surface area (Å²) in [6.45, 7) is 0. The van der Waals surface area contributed by atoms with Crippen molar-refractivity contribution in [1.29, 1.82) is 0 Å². The van der Waals surface area contributed by atoms with E-state index in [2.05, 4.69) is 10.3 Å². The highest BCUT2D eigenvalue weighted by Gasteiger charge is 2.13. The van der Waals surface area contributed by atoms with Gasteiger partial charge in [0.1, 0.15) is 6.26 Å². The number of carbonyl (C=O) groups excluding carboxylic acids is 2. The number of anilines is 1. The Labute approximate surface area is 148 Å². The first kappa shape index (κ1) is 16.7. The Kier molecular flexibility index (Phi) is 4.81. The fourth-order valence-electron chi connectivity index (χ4n) is 2.28. The van der Waals surface area contributed by atoms with Crippen molar-refractivity contribution >= 4 is 29.1 Å². The minimum absolute atomic E-state index is 0.00415. The molecule has 3 aromatic rings. The third-order valence-electron chi connectivity index (χ3n) is 3.45. The molecular formula is C18H14ClN3O3. The summed E-state index contributed by atoms with van der Waals surface area (Å²) in [5, 5.41) is 3.27. The summed E-state index contributed by atoms with van der Waals surface area (Å²) in [6, 6.07) is 13.6. The number of primary amides is 1. The third kappa shape index (κ3) is 4.05. The van der Waals surface area contributed by atoms with E-state index in [0.717, 1.165) is 5.56 Å². The highest BCUT2D eigenvalue weighted by molar-refractivity contribution is 6.30. The van der Waals surface area contributed by atoms with Gasteiger partial charge in [-0.05, 0) is 36.4 Å². The van der Waals surface area contributed by atoms with Crippen molar-refractivity contribution in [2.75, 3.05) is 5.32 Å². The number of halogens is 1. The molecule has 0 atom stereocenters. The zero-order valence-corrected chi connectivity index (χ0v) is 13.8. The van der Waals surface area contributed by atoms with Crippen molar-refractivity contribution in [1.82, 2.24) is 4.98 Å². The van der Waals surface area contributed by atoms with Crippen LogP contribution in [0.4, 0.5) is 5.69 Å². The number of nitrogens with two attached hydrogens (primary N) is 1. The number of para-hydroxylation sites is 1. The Morgan fingerprint density at radius 3 is 2.56 bits per heavy atom. The van der Waals surface area contributed by atoms with Crippen LogP contribution in [0.15, 0.2) is 59.2 Å². The highest BCUT2D eigenvalue weighted by atomic mass is 35.5. The van der Waals surface area contributed by atoms with Crippen LogP contribution in [0.25, 0.3) is 11.5 Å². The average Bonchev–Trinajstić information content (AvgIpc) is 3.04. The van der Waals surface area contributed by atoms with Gasteiger partial charge in [0.15, 0.2) is 0 Å². The van der Waals surface area contributed by atoms with Crippen molar-refractivity contribution in [3.05, 3.63) is 71.1 Å². The lowest BCUT2D eigenvalue weighted by molar-refractivity contribution is -0.115. The molecule has 3 rings (SSSR count). The standard InChI is InChI=1S/C18H14ClN3O3/c19-12-7-5-11(6-8-12)18-21-13(10-25-18)9-16(23)22-15-4-2-1-3-14(15)17(20)24/h1-8,10H,9H2,(H2,20,24)(H,22,23). The molecule has 0 aliphatic carbocycles. The number of amides is 2. The molecule has 0 radical (unpaired) electrons. The van der Waals surface area contributed by atoms with Gasteiger partial charge in [-0.15, -0.1) is 0 Å². The van der Waals surface area contributed by atoms with Crippen molar-refractivity contribution in [2.24, 2.45) is 5.73 Å². The van der Waals surface area contributed by atoms with E-state index < -0.39 is 5.91 Å². The van der Waals surface area contributed by atoms with Gasteiger partial charge in [0.25, 0.3) is 5.91 Å². The predicted octanol–water partition coefficient (Wildman–Crippen LogP) is 3.28. The van der Waals surface area contributed by atoms with Crippen molar-refractivity contribution < 1.29 is 14.0 Å². The minimum Gasteiger partial charge on any atom is -0.444 e. The Morgan fingerprint density at radius 2 is 1.84 bits per heavy atom. The Hall–Kier alpha value is -3.12. The lowest BCUT2D eigenvalue weighted by Crippen LogP contribution is -2.19. The van der Waals surface area contributed by atoms with Gasteiger partial charge in [-0.1, -0.05) is 23.7 Å². The maximum absolute atomic E-state index is 12.2. The molecular weight excluding hydrogens is 342 g/mol. The molecule has 0 saturated carbocycles. The van der Waals surface area contributed by atoms with Gasteiger partial charge >= 0.3 is 0 Å². The number of aromatic nitrogens is 1. The van der Waals surface area contributed by atoms with Gasteiger partial charge in [0.05, 0.1) is 23.4 Å². The van der Waals surface area contributed by atoms with Gasteiger partial charge in [0, 0.05) is 10.6 Å². The molecule has 0 unspecified atom stereocenters. The first-order valence-corrected chi connectivity index (χ1v) is 7.80. The average molecular weight is 356 g/mol. The largest absolute Gasteiger partial charge is 0.444 e. The van der Waals surface area contributed by atoms with E-state index in [1.807, 2.05) is 0 Å². The van der Waals surface area contributed by atoms with Gasteiger partial charge < -0.3 is 15.5 Å². The number of carbonyl (C=O) groups is 2. The van der Waals surface area contributed by atoms with E-state index in [1.165, 1.54) is 6.26 Å². The molecule has 0 saturated heterocycles. The fraction of sp³-hybridized carbons (Fsp3) is 0.0556. The van der Waals surface area contributed by atoms with Crippen LogP contribution in [-0.4, -0.2) is 16.8 Å². The maximum atomic E-state index is 12.2. The summed E-state index contributed by atoms with van der Waals surface area (Å²) in [4.78, 5) is 27.9. The van der Waals surface area contributed by atoms with E-state index >= 15 is 0 Å². The second-order valence-electron chi connectivity index (χ2n) is 5.29. The van der Waals surface area contributed by atoms with Crippen LogP contribution in [0.1, 0.15) is 16.1 Å². The van der Waals surface area contributed by atoms with E-state index in [9.17, 15) is 9.59 Å². The van der Waals surface area contributed by atoms with Crippen molar-refractivity contribution in [2.45, 2.75) is 6.42 Å². The number of nitrogens with one attached hydrogen (secondary N) is 1. The molecule has 7 heteroatoms. The van der Waals surface area contributed by atoms with Crippen LogP contribution in [-0.2, 0) is 11.2 Å². The van der Waals surface area contributed by atoms with Gasteiger partial charge in [0.2, 0.25) is 11.8 Å². The third-order valence-corrected chi connectivity index (χ3v) is 3.70. The number of benzene rings is 2. The SMILES string of the molecule is NC(=O)c1ccccc1NC(=O)Cc1coc(-c2ccc(Cl)cc2)n1. The van der Waals surface area contributed by atoms with Gasteiger partial charge in [-0.3, -0.25) is 9.59 Å². The maximum Gasteiger partial charge on any atom is 0.250 e. The number of hydrogen-bond acceptors (Lipinski definition) is 4. The quantitative estimate of drug-likeness (QED) is 0.733. The van der Waals surface area contributed by atoms with Gasteiger partial charge in [-0.2, -0.15) is 0 Å². The summed E-state index contributed by atoms with van der Waals surface area (Å²) in [5.41, 5.74) is 7.14. The monoisotopic (exact) mass is 355 g/mol. The molecule has 1 aromatic heterocycles. The van der Waals surface area contributed by atoms with Crippen molar-refractivity contribution in [3.63, 3.8) is 0 Å². The van der Waals surface area contributed by atoms with Gasteiger partial charge in [-0.25, -0.2) is 4.98 Å². The first-order valence-electron chi connectivity index (χ1n) is 7.42. The second-order valence-corrected chi connectivity index (χ2v) is 5.72. The lowest BCUT2D eigenvalue weighted by Gasteiger charge is -2.07. The lowest BCUT2D eigenvalue weighted by atomic mass is 10.1. The second kappa shape index (κ2) is 7.19. The molecule has 0 aliphatic rings.